The minimum atomic E-state index is 0.530. The average molecular weight is 269 g/mol. The lowest BCUT2D eigenvalue weighted by atomic mass is 10.2. The molecule has 0 radical (unpaired) electrons. The zero-order chi connectivity index (χ0) is 8.53. The molecule has 0 rings (SSSR count). The molecule has 0 aromatic carbocycles. The maximum absolute atomic E-state index is 5.42. The van der Waals surface area contributed by atoms with Crippen LogP contribution in [0.1, 0.15) is 32.6 Å². The highest BCUT2D eigenvalue weighted by molar-refractivity contribution is 14.1. The van der Waals surface area contributed by atoms with E-state index in [2.05, 4.69) is 15.4 Å². The topological polar surface area (TPSA) is 50.4 Å². The molecule has 0 aliphatic heterocycles. The third kappa shape index (κ3) is 7.90. The van der Waals surface area contributed by atoms with Crippen molar-refractivity contribution in [2.75, 3.05) is 6.54 Å². The van der Waals surface area contributed by atoms with Crippen molar-refractivity contribution >= 4 is 28.8 Å². The van der Waals surface area contributed by atoms with Crippen LogP contribution in [0.3, 0.4) is 0 Å². The van der Waals surface area contributed by atoms with Gasteiger partial charge in [0, 0.05) is 6.54 Å². The van der Waals surface area contributed by atoms with Crippen LogP contribution in [0.4, 0.5) is 0 Å². The summed E-state index contributed by atoms with van der Waals surface area (Å²) < 4.78 is 2.75. The molecule has 4 heteroatoms. The highest BCUT2D eigenvalue weighted by atomic mass is 127. The van der Waals surface area contributed by atoms with E-state index in [4.69, 9.17) is 5.73 Å². The summed E-state index contributed by atoms with van der Waals surface area (Å²) in [6.45, 7) is 3.05. The Labute approximate surface area is 82.3 Å². The fraction of sp³-hybridized carbons (Fsp3) is 0.857. The molecule has 0 unspecified atom stereocenters. The molecule has 0 saturated carbocycles. The third-order valence-corrected chi connectivity index (χ3v) is 1.94. The maximum atomic E-state index is 5.42. The Morgan fingerprint density at radius 3 is 2.73 bits per heavy atom. The molecule has 3 N–H and O–H groups in total. The second kappa shape index (κ2) is 8.10. The van der Waals surface area contributed by atoms with E-state index in [1.165, 1.54) is 19.3 Å². The number of rotatable bonds is 5. The Morgan fingerprint density at radius 1 is 1.45 bits per heavy atom. The zero-order valence-corrected chi connectivity index (χ0v) is 9.10. The van der Waals surface area contributed by atoms with Gasteiger partial charge in [-0.1, -0.05) is 26.2 Å². The summed E-state index contributed by atoms with van der Waals surface area (Å²) in [6.07, 6.45) is 4.97. The van der Waals surface area contributed by atoms with Crippen LogP contribution in [0.5, 0.6) is 0 Å². The van der Waals surface area contributed by atoms with Crippen molar-refractivity contribution in [3.63, 3.8) is 0 Å². The van der Waals surface area contributed by atoms with Gasteiger partial charge in [-0.2, -0.15) is 0 Å². The molecule has 3 nitrogen and oxygen atoms in total. The standard InChI is InChI=1S/C7H16IN3/c1-2-3-4-5-6-10-7(9)11-8/h2-6H2,1H3,(H3,9,10,11). The molecule has 0 aliphatic carbocycles. The van der Waals surface area contributed by atoms with E-state index in [-0.39, 0.29) is 0 Å². The number of hydrogen-bond donors (Lipinski definition) is 2. The summed E-state index contributed by atoms with van der Waals surface area (Å²) in [4.78, 5) is 4.09. The molecule has 0 amide bonds. The summed E-state index contributed by atoms with van der Waals surface area (Å²) in [7, 11) is 0. The molecule has 0 bridgehead atoms. The van der Waals surface area contributed by atoms with Crippen molar-refractivity contribution in [1.29, 1.82) is 0 Å². The second-order valence-electron chi connectivity index (χ2n) is 2.42. The lowest BCUT2D eigenvalue weighted by molar-refractivity contribution is 0.674. The second-order valence-corrected chi connectivity index (χ2v) is 2.96. The molecule has 0 saturated heterocycles. The first-order valence-electron chi connectivity index (χ1n) is 3.97. The first-order valence-corrected chi connectivity index (χ1v) is 5.05. The van der Waals surface area contributed by atoms with E-state index in [9.17, 15) is 0 Å². The zero-order valence-electron chi connectivity index (χ0n) is 6.94. The summed E-state index contributed by atoms with van der Waals surface area (Å²) in [5, 5.41) is 0. The van der Waals surface area contributed by atoms with Gasteiger partial charge in [-0.3, -0.25) is 8.52 Å². The van der Waals surface area contributed by atoms with Crippen molar-refractivity contribution in [3.05, 3.63) is 0 Å². The van der Waals surface area contributed by atoms with Gasteiger partial charge in [0.25, 0.3) is 0 Å². The molecule has 0 spiro atoms. The number of hydrogen-bond acceptors (Lipinski definition) is 1. The highest BCUT2D eigenvalue weighted by Gasteiger charge is 1.87. The first-order chi connectivity index (χ1) is 5.31. The predicted octanol–water partition coefficient (Wildman–Crippen LogP) is 1.82. The highest BCUT2D eigenvalue weighted by Crippen LogP contribution is 1.98. The third-order valence-electron chi connectivity index (χ3n) is 1.39. The molecular formula is C7H16IN3. The normalized spacial score (nSPS) is 11.6. The summed E-state index contributed by atoms with van der Waals surface area (Å²) in [5.74, 6) is 0.530. The average Bonchev–Trinajstić information content (AvgIpc) is 2.04. The van der Waals surface area contributed by atoms with Crippen molar-refractivity contribution in [3.8, 4) is 0 Å². The molecule has 0 heterocycles. The van der Waals surface area contributed by atoms with Crippen LogP contribution in [0.15, 0.2) is 4.99 Å². The quantitative estimate of drug-likeness (QED) is 0.263. The lowest BCUT2D eigenvalue weighted by Crippen LogP contribution is -2.23. The van der Waals surface area contributed by atoms with E-state index >= 15 is 0 Å². The summed E-state index contributed by atoms with van der Waals surface area (Å²) in [5.41, 5.74) is 5.42. The Bertz CT molecular complexity index is 114. The maximum Gasteiger partial charge on any atom is 0.197 e. The Hall–Kier alpha value is 0. The number of unbranched alkanes of at least 4 members (excludes halogenated alkanes) is 3. The van der Waals surface area contributed by atoms with E-state index < -0.39 is 0 Å². The van der Waals surface area contributed by atoms with E-state index in [1.54, 1.807) is 0 Å². The van der Waals surface area contributed by atoms with Crippen LogP contribution in [-0.2, 0) is 0 Å². The molecule has 0 aromatic rings. The number of nitrogens with two attached hydrogens (primary N) is 1. The minimum absolute atomic E-state index is 0.530. The summed E-state index contributed by atoms with van der Waals surface area (Å²) >= 11 is 1.98. The van der Waals surface area contributed by atoms with Gasteiger partial charge in [-0.05, 0) is 6.42 Å². The number of halogens is 1. The van der Waals surface area contributed by atoms with Crippen LogP contribution >= 0.6 is 22.9 Å². The molecule has 66 valence electrons. The smallest absolute Gasteiger partial charge is 0.197 e. The van der Waals surface area contributed by atoms with Gasteiger partial charge in [-0.15, -0.1) is 0 Å². The number of guanidine groups is 1. The first kappa shape index (κ1) is 11.0. The van der Waals surface area contributed by atoms with Gasteiger partial charge in [-0.25, -0.2) is 0 Å². The monoisotopic (exact) mass is 269 g/mol. The lowest BCUT2D eigenvalue weighted by Gasteiger charge is -1.97. The van der Waals surface area contributed by atoms with Gasteiger partial charge in [0.2, 0.25) is 0 Å². The molecule has 11 heavy (non-hydrogen) atoms. The number of aliphatic imine (C=N–C) groups is 1. The molecule has 0 atom stereocenters. The van der Waals surface area contributed by atoms with E-state index in [0.717, 1.165) is 13.0 Å². The number of nitrogens with one attached hydrogen (secondary N) is 1. The predicted molar refractivity (Wildman–Crippen MR) is 57.8 cm³/mol. The molecule has 0 aromatic heterocycles. The largest absolute Gasteiger partial charge is 0.369 e. The van der Waals surface area contributed by atoms with Crippen molar-refractivity contribution in [2.45, 2.75) is 32.6 Å². The fourth-order valence-corrected chi connectivity index (χ4v) is 0.939. The fourth-order valence-electron chi connectivity index (χ4n) is 0.768. The van der Waals surface area contributed by atoms with Gasteiger partial charge in [0.1, 0.15) is 0 Å². The van der Waals surface area contributed by atoms with Crippen molar-refractivity contribution in [2.24, 2.45) is 10.7 Å². The number of nitrogens with zero attached hydrogens (tertiary/aromatic N) is 1. The SMILES string of the molecule is CCCCCCN=C(N)NI. The van der Waals surface area contributed by atoms with Gasteiger partial charge < -0.3 is 5.73 Å². The van der Waals surface area contributed by atoms with Crippen molar-refractivity contribution in [1.82, 2.24) is 3.53 Å². The van der Waals surface area contributed by atoms with Crippen molar-refractivity contribution < 1.29 is 0 Å². The van der Waals surface area contributed by atoms with Crippen LogP contribution in [0, 0.1) is 0 Å². The van der Waals surface area contributed by atoms with Crippen LogP contribution in [0.2, 0.25) is 0 Å². The minimum Gasteiger partial charge on any atom is -0.369 e. The molecular weight excluding hydrogens is 253 g/mol. The molecule has 0 aliphatic rings. The van der Waals surface area contributed by atoms with E-state index in [0.29, 0.717) is 5.96 Å². The van der Waals surface area contributed by atoms with Crippen LogP contribution in [-0.4, -0.2) is 12.5 Å². The van der Waals surface area contributed by atoms with Gasteiger partial charge in [0.15, 0.2) is 5.96 Å². The Balaban J connectivity index is 3.12. The van der Waals surface area contributed by atoms with Crippen LogP contribution < -0.4 is 9.26 Å². The van der Waals surface area contributed by atoms with Crippen LogP contribution in [0.25, 0.3) is 0 Å². The molecule has 0 fully saturated rings. The van der Waals surface area contributed by atoms with Gasteiger partial charge >= 0.3 is 0 Å². The Morgan fingerprint density at radius 2 is 2.18 bits per heavy atom. The van der Waals surface area contributed by atoms with Gasteiger partial charge in [0.05, 0.1) is 22.9 Å². The Kier molecular flexibility index (Phi) is 8.10. The summed E-state index contributed by atoms with van der Waals surface area (Å²) in [6, 6.07) is 0. The van der Waals surface area contributed by atoms with E-state index in [1.807, 2.05) is 22.9 Å².